The maximum atomic E-state index is 13.7. The normalized spacial score (nSPS) is 16.3. The number of hydrogen-bond donors (Lipinski definition) is 0. The second-order valence-corrected chi connectivity index (χ2v) is 9.34. The Morgan fingerprint density at radius 2 is 1.64 bits per heavy atom. The third kappa shape index (κ3) is 4.31. The lowest BCUT2D eigenvalue weighted by molar-refractivity contribution is 0.0724. The van der Waals surface area contributed by atoms with Gasteiger partial charge in [-0.25, -0.2) is 0 Å². The highest BCUT2D eigenvalue weighted by Gasteiger charge is 2.32. The largest absolute Gasteiger partial charge is 0.360 e. The molecule has 1 atom stereocenters. The Morgan fingerprint density at radius 1 is 0.879 bits per heavy atom. The van der Waals surface area contributed by atoms with Gasteiger partial charge in [-0.1, -0.05) is 77.8 Å². The van der Waals surface area contributed by atoms with Crippen LogP contribution in [0.15, 0.2) is 84.9 Å². The van der Waals surface area contributed by atoms with Gasteiger partial charge in [0.2, 0.25) is 0 Å². The molecule has 3 nitrogen and oxygen atoms in total. The lowest BCUT2D eigenvalue weighted by Crippen LogP contribution is -2.50. The monoisotopic (exact) mass is 474 g/mol. The van der Waals surface area contributed by atoms with Crippen molar-refractivity contribution in [2.45, 2.75) is 13.0 Å². The molecular formula is C28H24Cl2N2O. The molecule has 5 heteroatoms. The Bertz CT molecular complexity index is 1310. The Labute approximate surface area is 204 Å². The van der Waals surface area contributed by atoms with E-state index in [-0.39, 0.29) is 11.9 Å². The van der Waals surface area contributed by atoms with Gasteiger partial charge >= 0.3 is 0 Å². The van der Waals surface area contributed by atoms with Crippen molar-refractivity contribution < 1.29 is 4.79 Å². The predicted molar refractivity (Wildman–Crippen MR) is 138 cm³/mol. The number of nitrogens with zero attached hydrogens (tertiary/aromatic N) is 2. The van der Waals surface area contributed by atoms with Gasteiger partial charge in [0.1, 0.15) is 0 Å². The van der Waals surface area contributed by atoms with Crippen molar-refractivity contribution in [3.63, 3.8) is 0 Å². The van der Waals surface area contributed by atoms with E-state index < -0.39 is 0 Å². The van der Waals surface area contributed by atoms with Gasteiger partial charge in [-0.05, 0) is 59.2 Å². The van der Waals surface area contributed by atoms with Crippen LogP contribution in [-0.2, 0) is 0 Å². The Kier molecular flexibility index (Phi) is 6.01. The highest BCUT2D eigenvalue weighted by molar-refractivity contribution is 6.33. The smallest absolute Gasteiger partial charge is 0.254 e. The molecule has 1 saturated heterocycles. The average molecular weight is 475 g/mol. The van der Waals surface area contributed by atoms with Crippen molar-refractivity contribution >= 4 is 45.6 Å². The Balaban J connectivity index is 1.51. The van der Waals surface area contributed by atoms with Crippen LogP contribution < -0.4 is 4.90 Å². The molecule has 5 rings (SSSR count). The number of amides is 1. The van der Waals surface area contributed by atoms with E-state index in [2.05, 4.69) is 17.0 Å². The molecule has 1 amide bonds. The lowest BCUT2D eigenvalue weighted by Gasteiger charge is -2.43. The van der Waals surface area contributed by atoms with Gasteiger partial charge in [-0.3, -0.25) is 4.79 Å². The van der Waals surface area contributed by atoms with Crippen LogP contribution in [0.25, 0.3) is 10.8 Å². The number of carbonyl (C=O) groups is 1. The molecule has 1 aliphatic heterocycles. The minimum absolute atomic E-state index is 0.0323. The SMILES string of the molecule is Cc1ccc(N2CCN(C(=O)c3cccc4ccccc34)CC2c2ccc(Cl)cc2)c(Cl)c1. The molecule has 0 aromatic heterocycles. The van der Waals surface area contributed by atoms with Crippen molar-refractivity contribution in [1.82, 2.24) is 4.90 Å². The molecule has 0 N–H and O–H groups in total. The van der Waals surface area contributed by atoms with Gasteiger partial charge in [0, 0.05) is 30.2 Å². The summed E-state index contributed by atoms with van der Waals surface area (Å²) in [5.74, 6) is 0.0559. The summed E-state index contributed by atoms with van der Waals surface area (Å²) in [6.07, 6.45) is 0. The number of carbonyl (C=O) groups excluding carboxylic acids is 1. The zero-order valence-electron chi connectivity index (χ0n) is 18.3. The minimum atomic E-state index is -0.0323. The standard InChI is InChI=1S/C28H24Cl2N2O/c1-19-9-14-26(25(30)17-19)32-16-15-31(18-27(32)21-10-12-22(29)13-11-21)28(33)24-8-4-6-20-5-2-3-7-23(20)24/h2-14,17,27H,15-16,18H2,1H3. The summed E-state index contributed by atoms with van der Waals surface area (Å²) in [6, 6.07) is 27.9. The minimum Gasteiger partial charge on any atom is -0.360 e. The fraction of sp³-hybridized carbons (Fsp3) is 0.179. The zero-order chi connectivity index (χ0) is 22.9. The number of piperazine rings is 1. The third-order valence-electron chi connectivity index (χ3n) is 6.36. The highest BCUT2D eigenvalue weighted by Crippen LogP contribution is 2.36. The fourth-order valence-electron chi connectivity index (χ4n) is 4.65. The van der Waals surface area contributed by atoms with Crippen molar-refractivity contribution in [2.24, 2.45) is 0 Å². The summed E-state index contributed by atoms with van der Waals surface area (Å²) in [7, 11) is 0. The van der Waals surface area contributed by atoms with Crippen molar-refractivity contribution in [3.8, 4) is 0 Å². The molecule has 4 aromatic rings. The van der Waals surface area contributed by atoms with Gasteiger partial charge in [0.25, 0.3) is 5.91 Å². The van der Waals surface area contributed by atoms with Crippen LogP contribution in [0.4, 0.5) is 5.69 Å². The molecule has 0 bridgehead atoms. The predicted octanol–water partition coefficient (Wildman–Crippen LogP) is 7.16. The molecule has 1 aliphatic rings. The van der Waals surface area contributed by atoms with E-state index >= 15 is 0 Å². The Morgan fingerprint density at radius 3 is 2.42 bits per heavy atom. The number of fused-ring (bicyclic) bond motifs is 1. The number of halogens is 2. The maximum Gasteiger partial charge on any atom is 0.254 e. The first-order chi connectivity index (χ1) is 16.0. The summed E-state index contributed by atoms with van der Waals surface area (Å²) in [6.45, 7) is 3.91. The molecule has 33 heavy (non-hydrogen) atoms. The topological polar surface area (TPSA) is 23.6 Å². The molecule has 166 valence electrons. The molecule has 4 aromatic carbocycles. The molecular weight excluding hydrogens is 451 g/mol. The summed E-state index contributed by atoms with van der Waals surface area (Å²) < 4.78 is 0. The van der Waals surface area contributed by atoms with E-state index in [4.69, 9.17) is 23.2 Å². The second-order valence-electron chi connectivity index (χ2n) is 8.49. The molecule has 0 aliphatic carbocycles. The molecule has 0 spiro atoms. The first-order valence-electron chi connectivity index (χ1n) is 11.1. The third-order valence-corrected chi connectivity index (χ3v) is 6.91. The first-order valence-corrected chi connectivity index (χ1v) is 11.8. The van der Waals surface area contributed by atoms with E-state index in [0.717, 1.165) is 38.2 Å². The van der Waals surface area contributed by atoms with Crippen LogP contribution in [0.1, 0.15) is 27.5 Å². The first kappa shape index (κ1) is 21.8. The van der Waals surface area contributed by atoms with Crippen LogP contribution in [0, 0.1) is 6.92 Å². The van der Waals surface area contributed by atoms with E-state index in [0.29, 0.717) is 24.7 Å². The Hall–Kier alpha value is -3.01. The van der Waals surface area contributed by atoms with E-state index in [9.17, 15) is 4.79 Å². The van der Waals surface area contributed by atoms with Gasteiger partial charge in [0.15, 0.2) is 0 Å². The number of hydrogen-bond acceptors (Lipinski definition) is 2. The van der Waals surface area contributed by atoms with Crippen LogP contribution in [-0.4, -0.2) is 30.4 Å². The summed E-state index contributed by atoms with van der Waals surface area (Å²) >= 11 is 12.8. The van der Waals surface area contributed by atoms with E-state index in [1.807, 2.05) is 84.6 Å². The van der Waals surface area contributed by atoms with Crippen molar-refractivity contribution in [3.05, 3.63) is 112 Å². The van der Waals surface area contributed by atoms with Crippen molar-refractivity contribution in [1.29, 1.82) is 0 Å². The lowest BCUT2D eigenvalue weighted by atomic mass is 9.99. The quantitative estimate of drug-likeness (QED) is 0.314. The van der Waals surface area contributed by atoms with E-state index in [1.165, 1.54) is 0 Å². The number of rotatable bonds is 3. The van der Waals surface area contributed by atoms with Crippen LogP contribution in [0.2, 0.25) is 10.0 Å². The second kappa shape index (κ2) is 9.09. The van der Waals surface area contributed by atoms with Crippen LogP contribution >= 0.6 is 23.2 Å². The number of benzene rings is 4. The van der Waals surface area contributed by atoms with Gasteiger partial charge < -0.3 is 9.80 Å². The zero-order valence-corrected chi connectivity index (χ0v) is 19.9. The molecule has 0 radical (unpaired) electrons. The maximum absolute atomic E-state index is 13.7. The van der Waals surface area contributed by atoms with Crippen LogP contribution in [0.5, 0.6) is 0 Å². The molecule has 1 heterocycles. The molecule has 1 fully saturated rings. The summed E-state index contributed by atoms with van der Waals surface area (Å²) in [5.41, 5.74) is 3.95. The van der Waals surface area contributed by atoms with Gasteiger partial charge in [-0.15, -0.1) is 0 Å². The number of anilines is 1. The fourth-order valence-corrected chi connectivity index (χ4v) is 5.12. The summed E-state index contributed by atoms with van der Waals surface area (Å²) in [5, 5.41) is 3.47. The molecule has 1 unspecified atom stereocenters. The highest BCUT2D eigenvalue weighted by atomic mass is 35.5. The van der Waals surface area contributed by atoms with E-state index in [1.54, 1.807) is 0 Å². The van der Waals surface area contributed by atoms with Crippen LogP contribution in [0.3, 0.4) is 0 Å². The molecule has 0 saturated carbocycles. The summed E-state index contributed by atoms with van der Waals surface area (Å²) in [4.78, 5) is 17.9. The van der Waals surface area contributed by atoms with Gasteiger partial charge in [0.05, 0.1) is 16.8 Å². The van der Waals surface area contributed by atoms with Crippen molar-refractivity contribution in [2.75, 3.05) is 24.5 Å². The average Bonchev–Trinajstić information content (AvgIpc) is 2.84. The van der Waals surface area contributed by atoms with Gasteiger partial charge in [-0.2, -0.15) is 0 Å². The number of aryl methyl sites for hydroxylation is 1.